The van der Waals surface area contributed by atoms with E-state index < -0.39 is 17.1 Å². The van der Waals surface area contributed by atoms with Crippen molar-refractivity contribution in [3.05, 3.63) is 0 Å². The second-order valence-corrected chi connectivity index (χ2v) is 15.3. The minimum atomic E-state index is -2.13. The van der Waals surface area contributed by atoms with Crippen LogP contribution in [0, 0.1) is 11.8 Å². The van der Waals surface area contributed by atoms with E-state index in [1.807, 2.05) is 0 Å². The van der Waals surface area contributed by atoms with Crippen LogP contribution in [0.3, 0.4) is 0 Å². The Morgan fingerprint density at radius 3 is 1.28 bits per heavy atom. The fourth-order valence-electron chi connectivity index (χ4n) is 3.08. The molecule has 0 aromatic carbocycles. The molecule has 0 aliphatic carbocycles. The molecule has 5 heteroatoms. The van der Waals surface area contributed by atoms with Crippen molar-refractivity contribution in [1.29, 1.82) is 0 Å². The summed E-state index contributed by atoms with van der Waals surface area (Å²) in [6.45, 7) is 19.4. The predicted molar refractivity (Wildman–Crippen MR) is 115 cm³/mol. The van der Waals surface area contributed by atoms with E-state index >= 15 is 0 Å². The molecule has 0 bridgehead atoms. The summed E-state index contributed by atoms with van der Waals surface area (Å²) in [6, 6.07) is 0. The van der Waals surface area contributed by atoms with Gasteiger partial charge in [0.15, 0.2) is 0 Å². The summed E-state index contributed by atoms with van der Waals surface area (Å²) in [5.74, 6) is 1.33. The Labute approximate surface area is 160 Å². The maximum atomic E-state index is 6.46. The van der Waals surface area contributed by atoms with E-state index in [1.165, 1.54) is 51.4 Å². The van der Waals surface area contributed by atoms with E-state index in [2.05, 4.69) is 53.9 Å². The molecule has 2 unspecified atom stereocenters. The van der Waals surface area contributed by atoms with E-state index in [1.54, 1.807) is 0 Å². The summed E-state index contributed by atoms with van der Waals surface area (Å²) in [4.78, 5) is 0. The molecule has 0 aromatic rings. The van der Waals surface area contributed by atoms with Gasteiger partial charge in [-0.1, -0.05) is 66.2 Å². The summed E-state index contributed by atoms with van der Waals surface area (Å²) in [7, 11) is -4.26. The van der Waals surface area contributed by atoms with Gasteiger partial charge in [0, 0.05) is 13.2 Å². The summed E-state index contributed by atoms with van der Waals surface area (Å²) in [6.07, 6.45) is 10.0. The molecule has 0 saturated heterocycles. The largest absolute Gasteiger partial charge is 0.415 e. The minimum Gasteiger partial charge on any atom is -0.415 e. The summed E-state index contributed by atoms with van der Waals surface area (Å²) in [5.41, 5.74) is 0. The van der Waals surface area contributed by atoms with Gasteiger partial charge in [0.2, 0.25) is 0 Å². The van der Waals surface area contributed by atoms with Crippen molar-refractivity contribution in [1.82, 2.24) is 0 Å². The third kappa shape index (κ3) is 13.2. The predicted octanol–water partition coefficient (Wildman–Crippen LogP) is 6.87. The quantitative estimate of drug-likeness (QED) is 0.269. The Bertz CT molecular complexity index is 292. The zero-order valence-corrected chi connectivity index (χ0v) is 20.5. The SMILES string of the molecule is CCCCC(CC)CO[Si](C)(C)O[Si](C)(C)OCC(CC)CCCC. The maximum absolute atomic E-state index is 6.46. The van der Waals surface area contributed by atoms with Gasteiger partial charge in [-0.05, 0) is 50.9 Å². The second kappa shape index (κ2) is 13.5. The van der Waals surface area contributed by atoms with Crippen LogP contribution in [0.1, 0.15) is 79.1 Å². The van der Waals surface area contributed by atoms with Gasteiger partial charge in [-0.15, -0.1) is 0 Å². The molecule has 0 heterocycles. The highest BCUT2D eigenvalue weighted by molar-refractivity contribution is 6.78. The molecule has 0 aliphatic rings. The fraction of sp³-hybridized carbons (Fsp3) is 1.00. The van der Waals surface area contributed by atoms with Crippen molar-refractivity contribution in [2.45, 2.75) is 105 Å². The van der Waals surface area contributed by atoms with Crippen LogP contribution < -0.4 is 0 Å². The van der Waals surface area contributed by atoms with E-state index in [4.69, 9.17) is 13.0 Å². The highest BCUT2D eigenvalue weighted by Gasteiger charge is 2.37. The van der Waals surface area contributed by atoms with Crippen LogP contribution in [0.2, 0.25) is 26.2 Å². The molecule has 0 aliphatic heterocycles. The molecule has 0 spiro atoms. The van der Waals surface area contributed by atoms with Crippen LogP contribution in [0.15, 0.2) is 0 Å². The van der Waals surface area contributed by atoms with Crippen molar-refractivity contribution in [2.75, 3.05) is 13.2 Å². The normalized spacial score (nSPS) is 15.4. The van der Waals surface area contributed by atoms with Crippen molar-refractivity contribution < 1.29 is 13.0 Å². The molecule has 3 nitrogen and oxygen atoms in total. The summed E-state index contributed by atoms with van der Waals surface area (Å²) < 4.78 is 19.0. The standard InChI is InChI=1S/C20H46O3Si2/c1-9-13-15-19(11-3)17-21-24(5,6)23-25(7,8)22-18-20(12-4)16-14-10-2/h19-20H,9-18H2,1-8H3. The van der Waals surface area contributed by atoms with E-state index in [0.717, 1.165) is 13.2 Å². The number of rotatable bonds is 16. The molecular weight excluding hydrogens is 344 g/mol. The van der Waals surface area contributed by atoms with Crippen LogP contribution in [0.4, 0.5) is 0 Å². The molecule has 25 heavy (non-hydrogen) atoms. The Morgan fingerprint density at radius 1 is 0.640 bits per heavy atom. The Kier molecular flexibility index (Phi) is 13.6. The lowest BCUT2D eigenvalue weighted by molar-refractivity contribution is 0.151. The van der Waals surface area contributed by atoms with Gasteiger partial charge >= 0.3 is 17.1 Å². The van der Waals surface area contributed by atoms with E-state index in [-0.39, 0.29) is 0 Å². The smallest absolute Gasteiger partial charge is 0.322 e. The van der Waals surface area contributed by atoms with Gasteiger partial charge in [0.25, 0.3) is 0 Å². The van der Waals surface area contributed by atoms with Gasteiger partial charge in [0.05, 0.1) is 0 Å². The Balaban J connectivity index is 4.38. The number of hydrogen-bond donors (Lipinski definition) is 0. The molecule has 0 saturated carbocycles. The van der Waals surface area contributed by atoms with Crippen molar-refractivity contribution in [2.24, 2.45) is 11.8 Å². The van der Waals surface area contributed by atoms with Crippen LogP contribution in [-0.2, 0) is 13.0 Å². The van der Waals surface area contributed by atoms with Crippen molar-refractivity contribution in [3.8, 4) is 0 Å². The molecule has 0 N–H and O–H groups in total. The van der Waals surface area contributed by atoms with Crippen molar-refractivity contribution >= 4 is 17.1 Å². The molecule has 2 atom stereocenters. The van der Waals surface area contributed by atoms with Crippen LogP contribution in [0.25, 0.3) is 0 Å². The van der Waals surface area contributed by atoms with Gasteiger partial charge in [-0.25, -0.2) is 0 Å². The first kappa shape index (κ1) is 25.3. The first-order chi connectivity index (χ1) is 11.7. The topological polar surface area (TPSA) is 27.7 Å². The maximum Gasteiger partial charge on any atom is 0.322 e. The Morgan fingerprint density at radius 2 is 1.00 bits per heavy atom. The van der Waals surface area contributed by atoms with Crippen molar-refractivity contribution in [3.63, 3.8) is 0 Å². The highest BCUT2D eigenvalue weighted by atomic mass is 28.5. The molecule has 0 aromatic heterocycles. The van der Waals surface area contributed by atoms with Gasteiger partial charge < -0.3 is 13.0 Å². The van der Waals surface area contributed by atoms with Crippen LogP contribution in [0.5, 0.6) is 0 Å². The third-order valence-corrected chi connectivity index (χ3v) is 10.6. The average molecular weight is 391 g/mol. The minimum absolute atomic E-state index is 0.666. The highest BCUT2D eigenvalue weighted by Crippen LogP contribution is 2.22. The average Bonchev–Trinajstić information content (AvgIpc) is 2.54. The first-order valence-electron chi connectivity index (χ1n) is 10.7. The zero-order chi connectivity index (χ0) is 19.3. The lowest BCUT2D eigenvalue weighted by atomic mass is 10.0. The lowest BCUT2D eigenvalue weighted by Gasteiger charge is -2.34. The first-order valence-corrected chi connectivity index (χ1v) is 16.3. The van der Waals surface area contributed by atoms with E-state index in [0.29, 0.717) is 11.8 Å². The molecular formula is C20H46O3Si2. The van der Waals surface area contributed by atoms with Gasteiger partial charge in [0.1, 0.15) is 0 Å². The second-order valence-electron chi connectivity index (χ2n) is 8.36. The molecule has 0 rings (SSSR count). The molecule has 0 amide bonds. The molecule has 0 fully saturated rings. The fourth-order valence-corrected chi connectivity index (χ4v) is 9.57. The van der Waals surface area contributed by atoms with Crippen LogP contribution >= 0.6 is 0 Å². The van der Waals surface area contributed by atoms with E-state index in [9.17, 15) is 0 Å². The Hall–Kier alpha value is 0.314. The zero-order valence-electron chi connectivity index (χ0n) is 18.5. The summed E-state index contributed by atoms with van der Waals surface area (Å²) in [5, 5.41) is 0. The van der Waals surface area contributed by atoms with Crippen LogP contribution in [-0.4, -0.2) is 30.3 Å². The third-order valence-electron chi connectivity index (χ3n) is 4.91. The number of hydrogen-bond acceptors (Lipinski definition) is 3. The summed E-state index contributed by atoms with van der Waals surface area (Å²) >= 11 is 0. The monoisotopic (exact) mass is 390 g/mol. The molecule has 0 radical (unpaired) electrons. The lowest BCUT2D eigenvalue weighted by Crippen LogP contribution is -2.49. The number of unbranched alkanes of at least 4 members (excludes halogenated alkanes) is 2. The van der Waals surface area contributed by atoms with Gasteiger partial charge in [-0.2, -0.15) is 0 Å². The molecule has 152 valence electrons. The van der Waals surface area contributed by atoms with Gasteiger partial charge in [-0.3, -0.25) is 0 Å².